The Labute approximate surface area is 75.0 Å². The average molecular weight is 172 g/mol. The Bertz CT molecular complexity index is 119. The van der Waals surface area contributed by atoms with Crippen LogP contribution >= 0.6 is 0 Å². The van der Waals surface area contributed by atoms with Crippen LogP contribution in [0.2, 0.25) is 0 Å². The number of hydrogen-bond acceptors (Lipinski definition) is 3. The molecule has 1 atom stereocenters. The van der Waals surface area contributed by atoms with E-state index < -0.39 is 0 Å². The molecule has 3 nitrogen and oxygen atoms in total. The minimum Gasteiger partial charge on any atom is -0.303 e. The van der Waals surface area contributed by atoms with Gasteiger partial charge >= 0.3 is 0 Å². The molecule has 1 fully saturated rings. The van der Waals surface area contributed by atoms with Gasteiger partial charge in [-0.1, -0.05) is 6.42 Å². The summed E-state index contributed by atoms with van der Waals surface area (Å²) >= 11 is 0. The molecule has 0 aromatic rings. The molecule has 1 rings (SSSR count). The summed E-state index contributed by atoms with van der Waals surface area (Å²) in [6.45, 7) is 2.08. The molecule has 3 heteroatoms. The van der Waals surface area contributed by atoms with E-state index in [4.69, 9.17) is 4.84 Å². The summed E-state index contributed by atoms with van der Waals surface area (Å²) < 4.78 is 0. The minimum absolute atomic E-state index is 0.743. The number of nitrogens with zero attached hydrogens (tertiary/aromatic N) is 1. The highest BCUT2D eigenvalue weighted by molar-refractivity contribution is 4.73. The van der Waals surface area contributed by atoms with Gasteiger partial charge in [-0.25, -0.2) is 5.48 Å². The van der Waals surface area contributed by atoms with Crippen molar-refractivity contribution in [3.8, 4) is 0 Å². The van der Waals surface area contributed by atoms with Crippen LogP contribution in [0, 0.1) is 0 Å². The van der Waals surface area contributed by atoms with E-state index in [2.05, 4.69) is 17.4 Å². The van der Waals surface area contributed by atoms with Crippen LogP contribution in [0.15, 0.2) is 0 Å². The predicted molar refractivity (Wildman–Crippen MR) is 49.9 cm³/mol. The first-order valence-corrected chi connectivity index (χ1v) is 4.83. The summed E-state index contributed by atoms with van der Waals surface area (Å²) in [6, 6.07) is 0.743. The first kappa shape index (κ1) is 9.96. The van der Waals surface area contributed by atoms with Crippen LogP contribution < -0.4 is 5.48 Å². The monoisotopic (exact) mass is 172 g/mol. The van der Waals surface area contributed by atoms with Gasteiger partial charge in [-0.3, -0.25) is 0 Å². The first-order valence-electron chi connectivity index (χ1n) is 4.83. The van der Waals surface area contributed by atoms with E-state index in [-0.39, 0.29) is 0 Å². The lowest BCUT2D eigenvalue weighted by Crippen LogP contribution is -2.37. The van der Waals surface area contributed by atoms with Gasteiger partial charge in [0.1, 0.15) is 0 Å². The van der Waals surface area contributed by atoms with E-state index in [0.29, 0.717) is 0 Å². The van der Waals surface area contributed by atoms with Crippen LogP contribution in [0.3, 0.4) is 0 Å². The zero-order valence-electron chi connectivity index (χ0n) is 8.18. The van der Waals surface area contributed by atoms with Crippen LogP contribution in [0.25, 0.3) is 0 Å². The van der Waals surface area contributed by atoms with Gasteiger partial charge in [0.25, 0.3) is 0 Å². The normalized spacial score (nSPS) is 26.0. The Hall–Kier alpha value is -0.120. The molecule has 0 aromatic heterocycles. The van der Waals surface area contributed by atoms with E-state index in [9.17, 15) is 0 Å². The Morgan fingerprint density at radius 3 is 3.00 bits per heavy atom. The quantitative estimate of drug-likeness (QED) is 0.506. The molecule has 0 bridgehead atoms. The number of hydroxylamine groups is 1. The van der Waals surface area contributed by atoms with Crippen molar-refractivity contribution in [1.82, 2.24) is 10.4 Å². The Morgan fingerprint density at radius 1 is 1.50 bits per heavy atom. The number of nitrogens with one attached hydrogen (secondary N) is 1. The maximum Gasteiger partial charge on any atom is 0.0696 e. The lowest BCUT2D eigenvalue weighted by molar-refractivity contribution is 0.0367. The molecular weight excluding hydrogens is 152 g/mol. The van der Waals surface area contributed by atoms with E-state index in [1.165, 1.54) is 25.8 Å². The Balaban J connectivity index is 2.11. The first-order chi connectivity index (χ1) is 5.84. The van der Waals surface area contributed by atoms with Crippen LogP contribution in [-0.4, -0.2) is 38.2 Å². The van der Waals surface area contributed by atoms with Gasteiger partial charge in [-0.15, -0.1) is 0 Å². The van der Waals surface area contributed by atoms with Gasteiger partial charge in [0.05, 0.1) is 6.61 Å². The van der Waals surface area contributed by atoms with Crippen molar-refractivity contribution in [3.05, 3.63) is 0 Å². The average Bonchev–Trinajstić information content (AvgIpc) is 2.09. The minimum atomic E-state index is 0.743. The van der Waals surface area contributed by atoms with Crippen molar-refractivity contribution in [2.75, 3.05) is 27.2 Å². The molecule has 0 radical (unpaired) electrons. The predicted octanol–water partition coefficient (Wildman–Crippen LogP) is 1.01. The molecule has 0 saturated carbocycles. The van der Waals surface area contributed by atoms with E-state index >= 15 is 0 Å². The molecule has 72 valence electrons. The third-order valence-electron chi connectivity index (χ3n) is 2.62. The second kappa shape index (κ2) is 5.51. The number of hydrogen-bond donors (Lipinski definition) is 1. The second-order valence-electron chi connectivity index (χ2n) is 3.47. The highest BCUT2D eigenvalue weighted by atomic mass is 16.6. The largest absolute Gasteiger partial charge is 0.303 e. The topological polar surface area (TPSA) is 24.5 Å². The van der Waals surface area contributed by atoms with Gasteiger partial charge in [-0.05, 0) is 32.9 Å². The maximum absolute atomic E-state index is 5.11. The fourth-order valence-electron chi connectivity index (χ4n) is 1.81. The summed E-state index contributed by atoms with van der Waals surface area (Å²) in [5.74, 6) is 0. The number of likely N-dealkylation sites (tertiary alicyclic amines) is 1. The summed E-state index contributed by atoms with van der Waals surface area (Å²) in [7, 11) is 4.02. The van der Waals surface area contributed by atoms with E-state index in [0.717, 1.165) is 19.1 Å². The van der Waals surface area contributed by atoms with Crippen LogP contribution in [0.1, 0.15) is 25.7 Å². The number of rotatable bonds is 4. The van der Waals surface area contributed by atoms with E-state index in [1.807, 2.05) is 7.05 Å². The molecule has 1 saturated heterocycles. The molecule has 0 amide bonds. The van der Waals surface area contributed by atoms with Crippen LogP contribution in [-0.2, 0) is 4.84 Å². The van der Waals surface area contributed by atoms with Crippen molar-refractivity contribution >= 4 is 0 Å². The highest BCUT2D eigenvalue weighted by Gasteiger charge is 2.17. The molecular formula is C9H20N2O. The maximum atomic E-state index is 5.11. The lowest BCUT2D eigenvalue weighted by Gasteiger charge is -2.32. The molecule has 12 heavy (non-hydrogen) atoms. The summed E-state index contributed by atoms with van der Waals surface area (Å²) in [6.07, 6.45) is 5.23. The molecule has 1 aliphatic heterocycles. The standard InChI is InChI=1S/C9H20N2O/c1-10-12-8-6-9-5-3-4-7-11(9)2/h9-10H,3-8H2,1-2H3. The van der Waals surface area contributed by atoms with Crippen LogP contribution in [0.4, 0.5) is 0 Å². The summed E-state index contributed by atoms with van der Waals surface area (Å²) in [5, 5.41) is 0. The Morgan fingerprint density at radius 2 is 2.33 bits per heavy atom. The fourth-order valence-corrected chi connectivity index (χ4v) is 1.81. The molecule has 1 heterocycles. The van der Waals surface area contributed by atoms with Gasteiger partial charge in [0.2, 0.25) is 0 Å². The molecule has 0 aromatic carbocycles. The molecule has 1 aliphatic rings. The van der Waals surface area contributed by atoms with Crippen molar-refractivity contribution < 1.29 is 4.84 Å². The van der Waals surface area contributed by atoms with Gasteiger partial charge in [0.15, 0.2) is 0 Å². The molecule has 0 aliphatic carbocycles. The second-order valence-corrected chi connectivity index (χ2v) is 3.47. The zero-order chi connectivity index (χ0) is 8.81. The summed E-state index contributed by atoms with van der Waals surface area (Å²) in [4.78, 5) is 7.55. The SMILES string of the molecule is CNOCCC1CCCCN1C. The van der Waals surface area contributed by atoms with Crippen molar-refractivity contribution in [3.63, 3.8) is 0 Å². The zero-order valence-corrected chi connectivity index (χ0v) is 8.18. The molecule has 1 N–H and O–H groups in total. The third kappa shape index (κ3) is 3.09. The van der Waals surface area contributed by atoms with Gasteiger partial charge in [-0.2, -0.15) is 0 Å². The fraction of sp³-hybridized carbons (Fsp3) is 1.00. The number of piperidine rings is 1. The summed E-state index contributed by atoms with van der Waals surface area (Å²) in [5.41, 5.74) is 2.70. The smallest absolute Gasteiger partial charge is 0.0696 e. The van der Waals surface area contributed by atoms with Gasteiger partial charge < -0.3 is 9.74 Å². The van der Waals surface area contributed by atoms with Crippen LogP contribution in [0.5, 0.6) is 0 Å². The van der Waals surface area contributed by atoms with Crippen molar-refractivity contribution in [2.45, 2.75) is 31.7 Å². The van der Waals surface area contributed by atoms with E-state index in [1.54, 1.807) is 0 Å². The highest BCUT2D eigenvalue weighted by Crippen LogP contribution is 2.17. The van der Waals surface area contributed by atoms with Gasteiger partial charge in [0, 0.05) is 13.1 Å². The van der Waals surface area contributed by atoms with Crippen molar-refractivity contribution in [2.24, 2.45) is 0 Å². The lowest BCUT2D eigenvalue weighted by atomic mass is 10.0. The Kier molecular flexibility index (Phi) is 4.58. The molecule has 0 spiro atoms. The third-order valence-corrected chi connectivity index (χ3v) is 2.62. The van der Waals surface area contributed by atoms with Crippen molar-refractivity contribution in [1.29, 1.82) is 0 Å². The molecule has 1 unspecified atom stereocenters.